The maximum atomic E-state index is 15.0. The summed E-state index contributed by atoms with van der Waals surface area (Å²) < 4.78 is 35.8. The van der Waals surface area contributed by atoms with Crippen LogP contribution in [0.4, 0.5) is 0 Å². The Morgan fingerprint density at radius 3 is 1.98 bits per heavy atom. The molecule has 694 valence electrons. The lowest BCUT2D eigenvalue weighted by Crippen LogP contribution is -2.55. The minimum atomic E-state index is -1.69. The van der Waals surface area contributed by atoms with Crippen molar-refractivity contribution in [2.24, 2.45) is 41.1 Å². The van der Waals surface area contributed by atoms with Gasteiger partial charge in [-0.05, 0) is 132 Å². The fraction of sp³-hybridized carbons (Fsp3) is 0.523. The number of imidazole rings is 1. The molecule has 3 aromatic carbocycles. The first kappa shape index (κ1) is 101. The number of benzene rings is 3. The second-order valence-corrected chi connectivity index (χ2v) is 32.0. The summed E-state index contributed by atoms with van der Waals surface area (Å²) in [7, 11) is 0. The molecule has 1 aliphatic heterocycles. The summed E-state index contributed by atoms with van der Waals surface area (Å²) in [5, 5.41) is 70.6. The van der Waals surface area contributed by atoms with Crippen LogP contribution < -0.4 is 57.6 Å². The van der Waals surface area contributed by atoms with Crippen molar-refractivity contribution in [3.63, 3.8) is 0 Å². The Hall–Kier alpha value is -12.8. The van der Waals surface area contributed by atoms with Crippen LogP contribution >= 0.6 is 0 Å². The van der Waals surface area contributed by atoms with Crippen molar-refractivity contribution in [3.05, 3.63) is 131 Å². The molecule has 4 aromatic heterocycles. The molecule has 1 fully saturated rings. The highest BCUT2D eigenvalue weighted by molar-refractivity contribution is 5.99. The number of carbonyl (C=O) groups is 13. The highest BCUT2D eigenvalue weighted by Gasteiger charge is 2.40. The number of hydrogen-bond donors (Lipinski definition) is 15. The van der Waals surface area contributed by atoms with Crippen LogP contribution in [0.1, 0.15) is 143 Å². The van der Waals surface area contributed by atoms with Crippen molar-refractivity contribution in [2.45, 2.75) is 180 Å². The number of carboxylic acids is 1. The number of guanidine groups is 1. The van der Waals surface area contributed by atoms with Gasteiger partial charge in [-0.25, -0.2) is 9.67 Å². The van der Waals surface area contributed by atoms with Gasteiger partial charge in [-0.1, -0.05) is 49.4 Å². The molecule has 7 aromatic rings. The number of H-pyrrole nitrogens is 3. The Morgan fingerprint density at radius 2 is 1.31 bits per heavy atom. The Labute approximate surface area is 740 Å². The van der Waals surface area contributed by atoms with Crippen LogP contribution in [0.5, 0.6) is 23.0 Å². The first-order valence-corrected chi connectivity index (χ1v) is 43.0. The highest BCUT2D eigenvalue weighted by Crippen LogP contribution is 2.31. The summed E-state index contributed by atoms with van der Waals surface area (Å²) in [5.74, 6) is -13.2. The number of fused-ring (bicyclic) bond motifs is 1. The molecule has 0 saturated carbocycles. The largest absolute Gasteiger partial charge is 0.508 e. The van der Waals surface area contributed by atoms with Gasteiger partial charge in [0.2, 0.25) is 41.4 Å². The third kappa shape index (κ3) is 34.5. The third-order valence-corrected chi connectivity index (χ3v) is 21.6. The molecule has 40 nitrogen and oxygen atoms in total. The van der Waals surface area contributed by atoms with E-state index in [0.29, 0.717) is 97.1 Å². The number of ether oxygens (including phenoxy) is 6. The van der Waals surface area contributed by atoms with Crippen LogP contribution in [0.3, 0.4) is 0 Å². The normalized spacial score (nSPS) is 14.1. The number of aliphatic hydroxyl groups is 1. The monoisotopic (exact) mass is 1780 g/mol. The summed E-state index contributed by atoms with van der Waals surface area (Å²) in [6, 6.07) is 12.6. The number of primary amides is 1. The predicted octanol–water partition coefficient (Wildman–Crippen LogP) is 2.89. The number of ketones is 4. The van der Waals surface area contributed by atoms with Crippen molar-refractivity contribution >= 4 is 93.8 Å². The lowest BCUT2D eigenvalue weighted by molar-refractivity contribution is -0.142. The Bertz CT molecular complexity index is 4800. The summed E-state index contributed by atoms with van der Waals surface area (Å²) in [6.45, 7) is 8.39. The fourth-order valence-electron chi connectivity index (χ4n) is 14.9. The molecule has 0 bridgehead atoms. The van der Waals surface area contributed by atoms with Gasteiger partial charge < -0.3 is 102 Å². The van der Waals surface area contributed by atoms with Crippen molar-refractivity contribution in [3.8, 4) is 23.0 Å². The number of aromatic nitrogens is 8. The molecule has 8 atom stereocenters. The van der Waals surface area contributed by atoms with E-state index in [9.17, 15) is 77.6 Å². The van der Waals surface area contributed by atoms with Gasteiger partial charge >= 0.3 is 5.97 Å². The Morgan fingerprint density at radius 1 is 0.664 bits per heavy atom. The SMILES string of the molecule is Cc1n[nH]c(C)c1CCCOc1cc(OC=O)cc(OCCCc2cn(CCOCCOCCOCCC(=O)CC(CCC(=O)O)C(=O)NC(Cc3c[nH]cn3)C(=O)CC(Cc3c[nH]c4ccccc34)C(=O)NC(CO)C(=O)CC(Cc3ccc(O)cc3)C(=O)NCC(=O)CC(CC(C)C)C(=O)NC(CCCNC(=N)N)C(=O)N3CCCC3C(=O)NCC(N)=O)nn2)c1. The minimum absolute atomic E-state index is 0.0275. The van der Waals surface area contributed by atoms with E-state index in [2.05, 4.69) is 67.4 Å². The van der Waals surface area contributed by atoms with E-state index in [0.717, 1.165) is 35.5 Å². The number of aromatic amines is 3. The molecule has 5 heterocycles. The van der Waals surface area contributed by atoms with Gasteiger partial charge in [0.05, 0.1) is 109 Å². The first-order valence-electron chi connectivity index (χ1n) is 43.0. The van der Waals surface area contributed by atoms with Gasteiger partial charge in [-0.15, -0.1) is 5.10 Å². The fourth-order valence-corrected chi connectivity index (χ4v) is 14.9. The van der Waals surface area contributed by atoms with Crippen molar-refractivity contribution in [2.75, 3.05) is 85.6 Å². The average molecular weight is 1780 g/mol. The number of amides is 7. The van der Waals surface area contributed by atoms with Crippen LogP contribution in [-0.4, -0.2) is 253 Å². The van der Waals surface area contributed by atoms with Crippen molar-refractivity contribution < 1.29 is 106 Å². The van der Waals surface area contributed by atoms with Crippen LogP contribution in [0.15, 0.2) is 91.6 Å². The standard InChI is InChI=1S/C88H120N18O22/c1-54(2)35-59(84(119)98-74(15-7-24-93-88(90)91)87(122)106-25-8-16-77(106)86(121)96-49-80(89)114)39-67(111)48-95-82(117)60(36-57-17-20-65(109)21-18-57)40-79(113)76(51-107)100-85(120)61(37-62-46-94-73-14-6-5-12-72(62)73)41-78(112)75(42-64-47-92-52-97-64)99-83(118)58(19-22-81(115)116)38-66(110)23-29-123-31-33-125-34-32-124-30-26-105-50-63(103-104-105)11-9-27-126-68-43-69(45-70(44-68)128-53-108)127-28-10-13-71-55(3)101-102-56(71)4/h5-6,12,14,17-18,20-21,43-47,50,52-54,58-61,74-77,94,107,109H,7-11,13,15-16,19,22-42,48-49,51H2,1-4H3,(H2,89,114)(H,92,97)(H,95,117)(H,96,121)(H,98,119)(H,99,118)(H,100,120)(H,101,102)(H,115,116)(H4,90,91,93). The van der Waals surface area contributed by atoms with E-state index in [1.54, 1.807) is 53.3 Å². The molecular weight excluding hydrogens is 1660 g/mol. The molecule has 0 spiro atoms. The summed E-state index contributed by atoms with van der Waals surface area (Å²) in [4.78, 5) is 189. The molecule has 0 aliphatic carbocycles. The molecule has 40 heteroatoms. The smallest absolute Gasteiger partial charge is 0.303 e. The van der Waals surface area contributed by atoms with Gasteiger partial charge in [0.15, 0.2) is 23.3 Å². The van der Waals surface area contributed by atoms with E-state index < -0.39 is 170 Å². The summed E-state index contributed by atoms with van der Waals surface area (Å²) in [6.07, 6.45) is 6.61. The Balaban J connectivity index is 0.822. The molecule has 8 unspecified atom stereocenters. The number of Topliss-reactive ketones (excluding diaryl/α,β-unsaturated/α-hetero) is 4. The number of aliphatic carboxylic acids is 1. The number of carbonyl (C=O) groups excluding carboxylic acids is 12. The maximum Gasteiger partial charge on any atom is 0.303 e. The maximum absolute atomic E-state index is 15.0. The van der Waals surface area contributed by atoms with Gasteiger partial charge in [0.1, 0.15) is 46.9 Å². The number of hydrogen-bond acceptors (Lipinski definition) is 26. The molecular formula is C88H120N18O22. The van der Waals surface area contributed by atoms with Crippen LogP contribution in [0.25, 0.3) is 10.9 Å². The third-order valence-electron chi connectivity index (χ3n) is 21.6. The highest BCUT2D eigenvalue weighted by atomic mass is 16.5. The van der Waals surface area contributed by atoms with Gasteiger partial charge in [0, 0.05) is 135 Å². The van der Waals surface area contributed by atoms with Crippen molar-refractivity contribution in [1.82, 2.24) is 76.9 Å². The number of nitrogens with zero attached hydrogens (tertiary/aromatic N) is 6. The zero-order chi connectivity index (χ0) is 92.4. The molecule has 0 radical (unpaired) electrons. The number of rotatable bonds is 63. The van der Waals surface area contributed by atoms with Crippen molar-refractivity contribution in [1.29, 1.82) is 5.41 Å². The van der Waals surface area contributed by atoms with E-state index in [1.165, 1.54) is 41.7 Å². The van der Waals surface area contributed by atoms with Gasteiger partial charge in [-0.2, -0.15) is 5.10 Å². The molecule has 8 rings (SSSR count). The van der Waals surface area contributed by atoms with E-state index >= 15 is 0 Å². The average Bonchev–Trinajstić information content (AvgIpc) is 1.54. The summed E-state index contributed by atoms with van der Waals surface area (Å²) >= 11 is 0. The van der Waals surface area contributed by atoms with Crippen LogP contribution in [0, 0.1) is 48.8 Å². The second kappa shape index (κ2) is 53.0. The summed E-state index contributed by atoms with van der Waals surface area (Å²) in [5.41, 5.74) is 16.7. The number of likely N-dealkylation sites (tertiary alicyclic amines) is 1. The molecule has 128 heavy (non-hydrogen) atoms. The lowest BCUT2D eigenvalue weighted by atomic mass is 9.88. The predicted molar refractivity (Wildman–Crippen MR) is 463 cm³/mol. The number of nitrogens with one attached hydrogen (secondary N) is 10. The van der Waals surface area contributed by atoms with Crippen LogP contribution in [-0.2, 0) is 115 Å². The number of aromatic hydroxyl groups is 1. The molecule has 17 N–H and O–H groups in total. The van der Waals surface area contributed by atoms with Crippen LogP contribution in [0.2, 0.25) is 0 Å². The zero-order valence-corrected chi connectivity index (χ0v) is 72.7. The second-order valence-electron chi connectivity index (χ2n) is 32.0. The molecule has 1 aliphatic rings. The van der Waals surface area contributed by atoms with E-state index in [-0.39, 0.29) is 122 Å². The Kier molecular flexibility index (Phi) is 41.6. The van der Waals surface area contributed by atoms with Gasteiger partial charge in [0.25, 0.3) is 6.47 Å². The number of para-hydroxylation sites is 1. The van der Waals surface area contributed by atoms with E-state index in [4.69, 9.17) is 45.3 Å². The topological polar surface area (TPSA) is 593 Å². The zero-order valence-electron chi connectivity index (χ0n) is 72.7. The quantitative estimate of drug-likeness (QED) is 0.0113. The number of phenols is 1. The lowest BCUT2D eigenvalue weighted by Gasteiger charge is -2.30. The minimum Gasteiger partial charge on any atom is -0.508 e. The number of aryl methyl sites for hydroxylation is 3. The first-order chi connectivity index (χ1) is 61.5. The number of aliphatic hydroxyl groups excluding tert-OH is 1. The number of phenolic OH excluding ortho intramolecular Hbond substituents is 1. The van der Waals surface area contributed by atoms with E-state index in [1.807, 2.05) is 33.9 Å². The number of nitrogens with two attached hydrogens (primary N) is 2. The molecule has 7 amide bonds. The molecule has 1 saturated heterocycles. The van der Waals surface area contributed by atoms with Gasteiger partial charge in [-0.3, -0.25) is 72.8 Å². The number of carboxylic acid groups (broad SMARTS) is 1.